The Morgan fingerprint density at radius 1 is 1.05 bits per heavy atom. The minimum absolute atomic E-state index is 0.200. The maximum Gasteiger partial charge on any atom is 0.137 e. The van der Waals surface area contributed by atoms with Gasteiger partial charge in [-0.25, -0.2) is 0 Å². The summed E-state index contributed by atoms with van der Waals surface area (Å²) in [6.07, 6.45) is 6.80. The molecule has 2 N–H and O–H groups in total. The predicted molar refractivity (Wildman–Crippen MR) is 72.2 cm³/mol. The fourth-order valence-electron chi connectivity index (χ4n) is 1.50. The molecule has 5 nitrogen and oxygen atoms in total. The molecule has 1 unspecified atom stereocenters. The topological polar surface area (TPSA) is 70.3 Å². The van der Waals surface area contributed by atoms with Gasteiger partial charge in [-0.05, 0) is 30.7 Å². The van der Waals surface area contributed by atoms with E-state index >= 15 is 0 Å². The van der Waals surface area contributed by atoms with E-state index in [1.54, 1.807) is 36.9 Å². The van der Waals surface area contributed by atoms with Crippen molar-refractivity contribution in [2.45, 2.75) is 13.0 Å². The molecule has 0 spiro atoms. The van der Waals surface area contributed by atoms with Gasteiger partial charge in [0.05, 0.1) is 12.2 Å². The average Bonchev–Trinajstić information content (AvgIpc) is 2.44. The van der Waals surface area contributed by atoms with E-state index in [1.165, 1.54) is 0 Å². The first-order valence-corrected chi connectivity index (χ1v) is 6.07. The molecule has 0 saturated carbocycles. The van der Waals surface area contributed by atoms with Gasteiger partial charge in [-0.15, -0.1) is 0 Å². The SMILES string of the molecule is Cc1cncc(OCC(N)COc2ccncc2)c1. The van der Waals surface area contributed by atoms with Gasteiger partial charge >= 0.3 is 0 Å². The van der Waals surface area contributed by atoms with E-state index in [9.17, 15) is 0 Å². The summed E-state index contributed by atoms with van der Waals surface area (Å²) in [6.45, 7) is 2.74. The highest BCUT2D eigenvalue weighted by molar-refractivity contribution is 5.22. The highest BCUT2D eigenvalue weighted by Gasteiger charge is 2.05. The Bertz CT molecular complexity index is 505. The molecule has 2 aromatic heterocycles. The van der Waals surface area contributed by atoms with Crippen LogP contribution in [0.1, 0.15) is 5.56 Å². The molecule has 0 aromatic carbocycles. The molecule has 0 fully saturated rings. The van der Waals surface area contributed by atoms with E-state index in [0.29, 0.717) is 13.2 Å². The van der Waals surface area contributed by atoms with Crippen LogP contribution in [0, 0.1) is 6.92 Å². The first-order valence-electron chi connectivity index (χ1n) is 6.07. The molecule has 0 saturated heterocycles. The van der Waals surface area contributed by atoms with Crippen LogP contribution in [0.3, 0.4) is 0 Å². The first-order chi connectivity index (χ1) is 9.24. The number of aryl methyl sites for hydroxylation is 1. The van der Waals surface area contributed by atoms with Crippen molar-refractivity contribution >= 4 is 0 Å². The van der Waals surface area contributed by atoms with Gasteiger partial charge in [-0.1, -0.05) is 0 Å². The largest absolute Gasteiger partial charge is 0.492 e. The highest BCUT2D eigenvalue weighted by atomic mass is 16.5. The van der Waals surface area contributed by atoms with Crippen LogP contribution in [0.15, 0.2) is 43.0 Å². The maximum absolute atomic E-state index is 5.92. The van der Waals surface area contributed by atoms with Gasteiger partial charge in [0.25, 0.3) is 0 Å². The number of hydrogen-bond donors (Lipinski definition) is 1. The molecule has 100 valence electrons. The Hall–Kier alpha value is -2.14. The molecule has 0 aliphatic heterocycles. The molecule has 0 amide bonds. The lowest BCUT2D eigenvalue weighted by atomic mass is 10.3. The molecule has 2 rings (SSSR count). The third-order valence-electron chi connectivity index (χ3n) is 2.43. The molecule has 5 heteroatoms. The van der Waals surface area contributed by atoms with E-state index in [2.05, 4.69) is 9.97 Å². The lowest BCUT2D eigenvalue weighted by Gasteiger charge is -2.14. The van der Waals surface area contributed by atoms with Crippen LogP contribution >= 0.6 is 0 Å². The normalized spacial score (nSPS) is 11.9. The van der Waals surface area contributed by atoms with Crippen LogP contribution in [0.2, 0.25) is 0 Å². The predicted octanol–water partition coefficient (Wildman–Crippen LogP) is 1.57. The highest BCUT2D eigenvalue weighted by Crippen LogP contribution is 2.11. The smallest absolute Gasteiger partial charge is 0.137 e. The zero-order chi connectivity index (χ0) is 13.5. The summed E-state index contributed by atoms with van der Waals surface area (Å²) < 4.78 is 11.1. The van der Waals surface area contributed by atoms with Crippen LogP contribution < -0.4 is 15.2 Å². The van der Waals surface area contributed by atoms with Crippen LogP contribution in [0.5, 0.6) is 11.5 Å². The molecule has 1 atom stereocenters. The van der Waals surface area contributed by atoms with E-state index in [0.717, 1.165) is 17.1 Å². The average molecular weight is 259 g/mol. The third-order valence-corrected chi connectivity index (χ3v) is 2.43. The number of hydrogen-bond acceptors (Lipinski definition) is 5. The Labute approximate surface area is 112 Å². The fraction of sp³-hybridized carbons (Fsp3) is 0.286. The van der Waals surface area contributed by atoms with Gasteiger partial charge in [0, 0.05) is 18.6 Å². The van der Waals surface area contributed by atoms with Gasteiger partial charge in [0.15, 0.2) is 0 Å². The Balaban J connectivity index is 1.74. The number of pyridine rings is 2. The molecule has 19 heavy (non-hydrogen) atoms. The van der Waals surface area contributed by atoms with Crippen molar-refractivity contribution in [3.63, 3.8) is 0 Å². The van der Waals surface area contributed by atoms with Crippen molar-refractivity contribution in [1.29, 1.82) is 0 Å². The van der Waals surface area contributed by atoms with Crippen LogP contribution in [-0.2, 0) is 0 Å². The molecule has 0 bridgehead atoms. The zero-order valence-corrected chi connectivity index (χ0v) is 10.8. The molecule has 0 radical (unpaired) electrons. The molecule has 0 aliphatic rings. The Morgan fingerprint density at radius 2 is 1.74 bits per heavy atom. The standard InChI is InChI=1S/C14H17N3O2/c1-11-6-14(8-17-7-11)19-10-12(15)9-18-13-2-4-16-5-3-13/h2-8,12H,9-10,15H2,1H3. The second-order valence-electron chi connectivity index (χ2n) is 4.26. The Kier molecular flexibility index (Phi) is 4.69. The lowest BCUT2D eigenvalue weighted by Crippen LogP contribution is -2.34. The quantitative estimate of drug-likeness (QED) is 0.852. The lowest BCUT2D eigenvalue weighted by molar-refractivity contribution is 0.220. The second kappa shape index (κ2) is 6.70. The molecule has 2 heterocycles. The van der Waals surface area contributed by atoms with Crippen molar-refractivity contribution in [3.8, 4) is 11.5 Å². The number of rotatable bonds is 6. The molecule has 2 aromatic rings. The Morgan fingerprint density at radius 3 is 2.42 bits per heavy atom. The van der Waals surface area contributed by atoms with E-state index in [4.69, 9.17) is 15.2 Å². The summed E-state index contributed by atoms with van der Waals surface area (Å²) in [5.74, 6) is 1.47. The second-order valence-corrected chi connectivity index (χ2v) is 4.26. The van der Waals surface area contributed by atoms with Gasteiger partial charge in [0.1, 0.15) is 24.7 Å². The zero-order valence-electron chi connectivity index (χ0n) is 10.8. The van der Waals surface area contributed by atoms with Crippen LogP contribution in [0.25, 0.3) is 0 Å². The summed E-state index contributed by atoms with van der Waals surface area (Å²) in [5.41, 5.74) is 6.98. The maximum atomic E-state index is 5.92. The van der Waals surface area contributed by atoms with Gasteiger partial charge in [-0.3, -0.25) is 9.97 Å². The van der Waals surface area contributed by atoms with Crippen molar-refractivity contribution < 1.29 is 9.47 Å². The third kappa shape index (κ3) is 4.56. The minimum Gasteiger partial charge on any atom is -0.492 e. The summed E-state index contributed by atoms with van der Waals surface area (Å²) in [4.78, 5) is 7.97. The fourth-order valence-corrected chi connectivity index (χ4v) is 1.50. The monoisotopic (exact) mass is 259 g/mol. The van der Waals surface area contributed by atoms with E-state index in [-0.39, 0.29) is 6.04 Å². The minimum atomic E-state index is -0.200. The summed E-state index contributed by atoms with van der Waals surface area (Å²) in [5, 5.41) is 0. The van der Waals surface area contributed by atoms with Crippen LogP contribution in [-0.4, -0.2) is 29.2 Å². The van der Waals surface area contributed by atoms with E-state index in [1.807, 2.05) is 13.0 Å². The van der Waals surface area contributed by atoms with Crippen molar-refractivity contribution in [2.24, 2.45) is 5.73 Å². The molecular formula is C14H17N3O2. The first kappa shape index (κ1) is 13.3. The number of aromatic nitrogens is 2. The number of ether oxygens (including phenoxy) is 2. The van der Waals surface area contributed by atoms with Gasteiger partial charge in [-0.2, -0.15) is 0 Å². The van der Waals surface area contributed by atoms with Gasteiger partial charge in [0.2, 0.25) is 0 Å². The van der Waals surface area contributed by atoms with Gasteiger partial charge < -0.3 is 15.2 Å². The molecular weight excluding hydrogens is 242 g/mol. The van der Waals surface area contributed by atoms with Crippen LogP contribution in [0.4, 0.5) is 0 Å². The van der Waals surface area contributed by atoms with Crippen molar-refractivity contribution in [1.82, 2.24) is 9.97 Å². The summed E-state index contributed by atoms with van der Waals surface area (Å²) in [6, 6.07) is 5.30. The number of nitrogens with two attached hydrogens (primary N) is 1. The van der Waals surface area contributed by atoms with Crippen molar-refractivity contribution in [2.75, 3.05) is 13.2 Å². The number of nitrogens with zero attached hydrogens (tertiary/aromatic N) is 2. The van der Waals surface area contributed by atoms with E-state index < -0.39 is 0 Å². The summed E-state index contributed by atoms with van der Waals surface area (Å²) in [7, 11) is 0. The van der Waals surface area contributed by atoms with Crippen molar-refractivity contribution in [3.05, 3.63) is 48.5 Å². The molecule has 0 aliphatic carbocycles. The summed E-state index contributed by atoms with van der Waals surface area (Å²) >= 11 is 0.